The van der Waals surface area contributed by atoms with Gasteiger partial charge in [0.1, 0.15) is 5.84 Å². The number of rotatable bonds is 4. The zero-order valence-electron chi connectivity index (χ0n) is 16.3. The van der Waals surface area contributed by atoms with Crippen LogP contribution in [0.3, 0.4) is 0 Å². The molecule has 7 nitrogen and oxygen atoms in total. The van der Waals surface area contributed by atoms with E-state index in [9.17, 15) is 4.79 Å². The van der Waals surface area contributed by atoms with Gasteiger partial charge in [-0.3, -0.25) is 9.79 Å². The van der Waals surface area contributed by atoms with Gasteiger partial charge in [-0.05, 0) is 37.1 Å². The van der Waals surface area contributed by atoms with Crippen LogP contribution in [-0.4, -0.2) is 42.0 Å². The van der Waals surface area contributed by atoms with Gasteiger partial charge in [0.05, 0.1) is 36.9 Å². The molecule has 1 amide bonds. The lowest BCUT2D eigenvalue weighted by Crippen LogP contribution is -2.47. The van der Waals surface area contributed by atoms with Gasteiger partial charge in [0.2, 0.25) is 5.88 Å². The standard InChI is InChI=1S/C22H23N5O2/c1-29-19-12-15(9-10-24-19)21-25-17-7-2-3-8-18(20(17)27-21)26-22(28)16-6-4-5-14(11-16)13-23/h4-6,9-12,17-18,20H,2-3,7-8H2,1H3,(H,25,27)(H,26,28)/t17?,18-,20?/m0/s1. The number of nitriles is 1. The Labute approximate surface area is 169 Å². The number of aliphatic imine (C=N–C) groups is 1. The second kappa shape index (κ2) is 8.31. The third-order valence-electron chi connectivity index (χ3n) is 5.49. The van der Waals surface area contributed by atoms with Crippen molar-refractivity contribution in [3.05, 3.63) is 59.3 Å². The van der Waals surface area contributed by atoms with Crippen LogP contribution in [0.4, 0.5) is 0 Å². The van der Waals surface area contributed by atoms with E-state index in [1.165, 1.54) is 0 Å². The van der Waals surface area contributed by atoms with Crippen molar-refractivity contribution in [3.8, 4) is 11.9 Å². The summed E-state index contributed by atoms with van der Waals surface area (Å²) in [5, 5.41) is 15.8. The van der Waals surface area contributed by atoms with Crippen LogP contribution in [0.15, 0.2) is 47.6 Å². The molecule has 1 aliphatic heterocycles. The third kappa shape index (κ3) is 4.06. The lowest BCUT2D eigenvalue weighted by atomic mass is 9.99. The predicted octanol–water partition coefficient (Wildman–Crippen LogP) is 2.42. The Kier molecular flexibility index (Phi) is 5.43. The van der Waals surface area contributed by atoms with Crippen molar-refractivity contribution in [1.82, 2.24) is 15.6 Å². The van der Waals surface area contributed by atoms with Gasteiger partial charge in [0.15, 0.2) is 0 Å². The molecule has 1 aliphatic carbocycles. The minimum absolute atomic E-state index is 0.0326. The van der Waals surface area contributed by atoms with E-state index >= 15 is 0 Å². The molecule has 2 heterocycles. The SMILES string of the molecule is COc1cc(C2=NC3C(CCCC[C@@H]3NC(=O)c3cccc(C#N)c3)N2)ccn1. The summed E-state index contributed by atoms with van der Waals surface area (Å²) in [6, 6.07) is 12.7. The fourth-order valence-corrected chi connectivity index (χ4v) is 4.02. The molecule has 4 rings (SSSR count). The van der Waals surface area contributed by atoms with E-state index in [2.05, 4.69) is 21.7 Å². The van der Waals surface area contributed by atoms with Crippen LogP contribution >= 0.6 is 0 Å². The monoisotopic (exact) mass is 389 g/mol. The largest absolute Gasteiger partial charge is 0.481 e. The third-order valence-corrected chi connectivity index (χ3v) is 5.49. The molecule has 0 spiro atoms. The molecule has 2 N–H and O–H groups in total. The number of amidine groups is 1. The molecule has 3 atom stereocenters. The minimum atomic E-state index is -0.165. The predicted molar refractivity (Wildman–Crippen MR) is 109 cm³/mol. The van der Waals surface area contributed by atoms with Gasteiger partial charge in [0, 0.05) is 23.4 Å². The average Bonchev–Trinajstić information content (AvgIpc) is 3.11. The Hall–Kier alpha value is -3.40. The molecule has 29 heavy (non-hydrogen) atoms. The fraction of sp³-hybridized carbons (Fsp3) is 0.364. The number of methoxy groups -OCH3 is 1. The van der Waals surface area contributed by atoms with Gasteiger partial charge < -0.3 is 15.4 Å². The Morgan fingerprint density at radius 2 is 2.14 bits per heavy atom. The Morgan fingerprint density at radius 3 is 2.97 bits per heavy atom. The highest BCUT2D eigenvalue weighted by Crippen LogP contribution is 2.27. The van der Waals surface area contributed by atoms with E-state index < -0.39 is 0 Å². The Balaban J connectivity index is 1.56. The van der Waals surface area contributed by atoms with Crippen LogP contribution in [0, 0.1) is 11.3 Å². The smallest absolute Gasteiger partial charge is 0.251 e. The second-order valence-corrected chi connectivity index (χ2v) is 7.36. The normalized spacial score (nSPS) is 23.0. The number of ether oxygens (including phenoxy) is 1. The average molecular weight is 389 g/mol. The highest BCUT2D eigenvalue weighted by atomic mass is 16.5. The number of pyridine rings is 1. The van der Waals surface area contributed by atoms with Crippen LogP contribution < -0.4 is 15.4 Å². The van der Waals surface area contributed by atoms with Crippen molar-refractivity contribution in [1.29, 1.82) is 5.26 Å². The topological polar surface area (TPSA) is 99.4 Å². The van der Waals surface area contributed by atoms with Crippen molar-refractivity contribution in [3.63, 3.8) is 0 Å². The first-order chi connectivity index (χ1) is 14.2. The molecule has 2 aromatic rings. The highest BCUT2D eigenvalue weighted by molar-refractivity contribution is 6.00. The van der Waals surface area contributed by atoms with E-state index in [4.69, 9.17) is 15.0 Å². The molecular formula is C22H23N5O2. The Bertz CT molecular complexity index is 981. The fourth-order valence-electron chi connectivity index (χ4n) is 4.02. The van der Waals surface area contributed by atoms with Gasteiger partial charge in [-0.15, -0.1) is 0 Å². The van der Waals surface area contributed by atoms with Crippen LogP contribution in [-0.2, 0) is 0 Å². The zero-order valence-corrected chi connectivity index (χ0v) is 16.3. The summed E-state index contributed by atoms with van der Waals surface area (Å²) in [6.45, 7) is 0. The van der Waals surface area contributed by atoms with Crippen molar-refractivity contribution in [2.45, 2.75) is 43.8 Å². The first-order valence-electron chi connectivity index (χ1n) is 9.83. The zero-order chi connectivity index (χ0) is 20.2. The van der Waals surface area contributed by atoms with E-state index in [1.54, 1.807) is 37.6 Å². The summed E-state index contributed by atoms with van der Waals surface area (Å²) in [5.41, 5.74) is 1.90. The van der Waals surface area contributed by atoms with Gasteiger partial charge in [-0.2, -0.15) is 5.26 Å². The molecule has 1 aromatic carbocycles. The molecule has 1 saturated carbocycles. The van der Waals surface area contributed by atoms with Gasteiger partial charge in [-0.25, -0.2) is 4.98 Å². The maximum atomic E-state index is 12.8. The van der Waals surface area contributed by atoms with Gasteiger partial charge >= 0.3 is 0 Å². The maximum Gasteiger partial charge on any atom is 0.251 e. The number of nitrogens with zero attached hydrogens (tertiary/aromatic N) is 3. The quantitative estimate of drug-likeness (QED) is 0.837. The van der Waals surface area contributed by atoms with Crippen LogP contribution in [0.2, 0.25) is 0 Å². The molecule has 2 aliphatic rings. The van der Waals surface area contributed by atoms with Gasteiger partial charge in [0.25, 0.3) is 5.91 Å². The van der Waals surface area contributed by atoms with Crippen LogP contribution in [0.1, 0.15) is 47.2 Å². The summed E-state index contributed by atoms with van der Waals surface area (Å²) >= 11 is 0. The number of nitrogens with one attached hydrogen (secondary N) is 2. The van der Waals surface area contributed by atoms with Crippen LogP contribution in [0.25, 0.3) is 0 Å². The molecule has 7 heteroatoms. The number of carbonyl (C=O) groups excluding carboxylic acids is 1. The summed E-state index contributed by atoms with van der Waals surface area (Å²) in [7, 11) is 1.59. The minimum Gasteiger partial charge on any atom is -0.481 e. The number of aromatic nitrogens is 1. The van der Waals surface area contributed by atoms with Crippen molar-refractivity contribution in [2.75, 3.05) is 7.11 Å². The Morgan fingerprint density at radius 1 is 1.28 bits per heavy atom. The maximum absolute atomic E-state index is 12.8. The van der Waals surface area contributed by atoms with E-state index in [1.807, 2.05) is 12.1 Å². The van der Waals surface area contributed by atoms with E-state index in [-0.39, 0.29) is 24.0 Å². The van der Waals surface area contributed by atoms with Crippen LogP contribution in [0.5, 0.6) is 5.88 Å². The molecule has 1 aromatic heterocycles. The van der Waals surface area contributed by atoms with Gasteiger partial charge in [-0.1, -0.05) is 18.9 Å². The molecule has 148 valence electrons. The number of fused-ring (bicyclic) bond motifs is 1. The summed E-state index contributed by atoms with van der Waals surface area (Å²) in [6.07, 6.45) is 5.73. The first-order valence-corrected chi connectivity index (χ1v) is 9.83. The lowest BCUT2D eigenvalue weighted by Gasteiger charge is -2.24. The first kappa shape index (κ1) is 18.9. The lowest BCUT2D eigenvalue weighted by molar-refractivity contribution is 0.0928. The summed E-state index contributed by atoms with van der Waals surface area (Å²) < 4.78 is 5.22. The van der Waals surface area contributed by atoms with Crippen molar-refractivity contribution < 1.29 is 9.53 Å². The highest BCUT2D eigenvalue weighted by Gasteiger charge is 2.37. The second-order valence-electron chi connectivity index (χ2n) is 7.36. The molecule has 2 unspecified atom stereocenters. The number of amides is 1. The molecular weight excluding hydrogens is 366 g/mol. The molecule has 0 radical (unpaired) electrons. The van der Waals surface area contributed by atoms with E-state index in [0.717, 1.165) is 37.1 Å². The number of hydrogen-bond acceptors (Lipinski definition) is 6. The van der Waals surface area contributed by atoms with Crippen molar-refractivity contribution in [2.24, 2.45) is 4.99 Å². The van der Waals surface area contributed by atoms with E-state index in [0.29, 0.717) is 17.0 Å². The number of benzene rings is 1. The number of carbonyl (C=O) groups is 1. The molecule has 1 fully saturated rings. The molecule has 0 saturated heterocycles. The molecule has 0 bridgehead atoms. The summed E-state index contributed by atoms with van der Waals surface area (Å²) in [5.74, 6) is 1.19. The summed E-state index contributed by atoms with van der Waals surface area (Å²) in [4.78, 5) is 21.9. The van der Waals surface area contributed by atoms with Crippen molar-refractivity contribution >= 4 is 11.7 Å². The number of hydrogen-bond donors (Lipinski definition) is 2.